The van der Waals surface area contributed by atoms with E-state index in [-0.39, 0.29) is 17.6 Å². The molecule has 0 aromatic carbocycles. The Kier molecular flexibility index (Phi) is 3.42. The number of carbonyl (C=O) groups excluding carboxylic acids is 1. The molecule has 0 spiro atoms. The number of hydrogen-bond donors (Lipinski definition) is 1. The van der Waals surface area contributed by atoms with E-state index in [1.165, 1.54) is 10.6 Å². The summed E-state index contributed by atoms with van der Waals surface area (Å²) < 4.78 is 6.78. The summed E-state index contributed by atoms with van der Waals surface area (Å²) in [7, 11) is 0. The first-order valence-corrected chi connectivity index (χ1v) is 7.38. The van der Waals surface area contributed by atoms with E-state index in [1.807, 2.05) is 20.8 Å². The summed E-state index contributed by atoms with van der Waals surface area (Å²) in [5.41, 5.74) is 0.686. The number of nitrogens with one attached hydrogen (secondary N) is 1. The van der Waals surface area contributed by atoms with Gasteiger partial charge in [0.1, 0.15) is 5.60 Å². The Balaban J connectivity index is 1.76. The molecule has 0 radical (unpaired) electrons. The minimum Gasteiger partial charge on any atom is -0.444 e. The largest absolute Gasteiger partial charge is 0.444 e. The van der Waals surface area contributed by atoms with Gasteiger partial charge in [0.2, 0.25) is 0 Å². The Labute approximate surface area is 127 Å². The maximum absolute atomic E-state index is 12.1. The van der Waals surface area contributed by atoms with Crippen molar-refractivity contribution in [2.45, 2.75) is 38.7 Å². The third-order valence-corrected chi connectivity index (χ3v) is 3.66. The van der Waals surface area contributed by atoms with Gasteiger partial charge in [0.25, 0.3) is 5.56 Å². The highest BCUT2D eigenvalue weighted by Gasteiger charge is 2.31. The Morgan fingerprint density at radius 3 is 2.95 bits per heavy atom. The Morgan fingerprint density at radius 1 is 1.45 bits per heavy atom. The van der Waals surface area contributed by atoms with E-state index in [0.29, 0.717) is 18.7 Å². The molecule has 3 heterocycles. The molecule has 0 bridgehead atoms. The Hall–Kier alpha value is -2.31. The zero-order chi connectivity index (χ0) is 15.9. The van der Waals surface area contributed by atoms with Crippen molar-refractivity contribution in [2.24, 2.45) is 0 Å². The van der Waals surface area contributed by atoms with Crippen LogP contribution in [0.3, 0.4) is 0 Å². The van der Waals surface area contributed by atoms with Crippen LogP contribution >= 0.6 is 0 Å². The summed E-state index contributed by atoms with van der Waals surface area (Å²) in [6.07, 6.45) is 2.15. The summed E-state index contributed by atoms with van der Waals surface area (Å²) in [6, 6.07) is 3.29. The number of carbonyl (C=O) groups is 1. The predicted molar refractivity (Wildman–Crippen MR) is 81.0 cm³/mol. The zero-order valence-electron chi connectivity index (χ0n) is 13.0. The van der Waals surface area contributed by atoms with Crippen LogP contribution in [-0.2, 0) is 4.74 Å². The van der Waals surface area contributed by atoms with Crippen molar-refractivity contribution in [3.05, 3.63) is 34.4 Å². The van der Waals surface area contributed by atoms with Crippen LogP contribution in [0.15, 0.2) is 23.1 Å². The second-order valence-electron chi connectivity index (χ2n) is 6.59. The average Bonchev–Trinajstić information content (AvgIpc) is 3.05. The van der Waals surface area contributed by atoms with Crippen molar-refractivity contribution in [2.75, 3.05) is 13.1 Å². The van der Waals surface area contributed by atoms with Crippen LogP contribution < -0.4 is 5.56 Å². The van der Waals surface area contributed by atoms with E-state index in [0.717, 1.165) is 12.1 Å². The number of hydrogen-bond acceptors (Lipinski definition) is 4. The molecular weight excluding hydrogens is 284 g/mol. The fourth-order valence-corrected chi connectivity index (χ4v) is 2.65. The molecule has 118 valence electrons. The molecule has 0 aliphatic carbocycles. The van der Waals surface area contributed by atoms with Gasteiger partial charge in [0.15, 0.2) is 5.65 Å². The molecule has 2 aromatic heterocycles. The van der Waals surface area contributed by atoms with Gasteiger partial charge in [-0.2, -0.15) is 0 Å². The van der Waals surface area contributed by atoms with Crippen LogP contribution in [0.25, 0.3) is 5.65 Å². The zero-order valence-corrected chi connectivity index (χ0v) is 13.0. The predicted octanol–water partition coefficient (Wildman–Crippen LogP) is 1.75. The van der Waals surface area contributed by atoms with Crippen LogP contribution in [0.2, 0.25) is 0 Å². The Morgan fingerprint density at radius 2 is 2.23 bits per heavy atom. The standard InChI is InChI=1S/C15H20N4O3/c1-15(2,3)22-14(21)18-7-5-10(9-18)11-8-13(20)19-12(17-11)4-6-16-19/h4,6,8,10,16H,5,7,9H2,1-3H3. The van der Waals surface area contributed by atoms with Crippen molar-refractivity contribution in [1.29, 1.82) is 0 Å². The van der Waals surface area contributed by atoms with E-state index < -0.39 is 5.60 Å². The van der Waals surface area contributed by atoms with Gasteiger partial charge in [-0.15, -0.1) is 0 Å². The van der Waals surface area contributed by atoms with E-state index in [1.54, 1.807) is 17.2 Å². The first-order valence-electron chi connectivity index (χ1n) is 7.38. The Bertz CT molecular complexity index is 756. The third kappa shape index (κ3) is 2.84. The lowest BCUT2D eigenvalue weighted by molar-refractivity contribution is 0.0292. The maximum Gasteiger partial charge on any atom is 0.410 e. The molecule has 1 fully saturated rings. The second kappa shape index (κ2) is 5.15. The summed E-state index contributed by atoms with van der Waals surface area (Å²) in [6.45, 7) is 6.69. The number of ether oxygens (including phenoxy) is 1. The molecule has 0 saturated carbocycles. The number of aromatic amines is 1. The summed E-state index contributed by atoms with van der Waals surface area (Å²) in [5, 5.41) is 2.82. The van der Waals surface area contributed by atoms with Gasteiger partial charge in [-0.3, -0.25) is 9.89 Å². The fourth-order valence-electron chi connectivity index (χ4n) is 2.65. The molecule has 1 N–H and O–H groups in total. The second-order valence-corrected chi connectivity index (χ2v) is 6.59. The molecule has 7 nitrogen and oxygen atoms in total. The number of fused-ring (bicyclic) bond motifs is 1. The van der Waals surface area contributed by atoms with E-state index in [9.17, 15) is 9.59 Å². The van der Waals surface area contributed by atoms with Crippen molar-refractivity contribution in [3.8, 4) is 0 Å². The smallest absolute Gasteiger partial charge is 0.410 e. The number of likely N-dealkylation sites (tertiary alicyclic amines) is 1. The van der Waals surface area contributed by atoms with Gasteiger partial charge < -0.3 is 9.64 Å². The van der Waals surface area contributed by atoms with Crippen molar-refractivity contribution in [3.63, 3.8) is 0 Å². The first kappa shape index (κ1) is 14.6. The summed E-state index contributed by atoms with van der Waals surface area (Å²) >= 11 is 0. The molecule has 1 saturated heterocycles. The van der Waals surface area contributed by atoms with Crippen LogP contribution in [0.5, 0.6) is 0 Å². The quantitative estimate of drug-likeness (QED) is 0.870. The SMILES string of the molecule is CC(C)(C)OC(=O)N1CCC(c2cc(=O)n3[nH]ccc3n2)C1. The van der Waals surface area contributed by atoms with Gasteiger partial charge in [0, 0.05) is 37.3 Å². The minimum atomic E-state index is -0.504. The van der Waals surface area contributed by atoms with Crippen LogP contribution in [-0.4, -0.2) is 44.3 Å². The maximum atomic E-state index is 12.1. The molecule has 22 heavy (non-hydrogen) atoms. The van der Waals surface area contributed by atoms with E-state index >= 15 is 0 Å². The van der Waals surface area contributed by atoms with Gasteiger partial charge in [0.05, 0.1) is 5.69 Å². The number of nitrogens with zero attached hydrogens (tertiary/aromatic N) is 3. The lowest BCUT2D eigenvalue weighted by Gasteiger charge is -2.24. The number of amides is 1. The topological polar surface area (TPSA) is 79.7 Å². The lowest BCUT2D eigenvalue weighted by Crippen LogP contribution is -2.35. The third-order valence-electron chi connectivity index (χ3n) is 3.66. The van der Waals surface area contributed by atoms with Gasteiger partial charge in [-0.05, 0) is 27.2 Å². The fraction of sp³-hybridized carbons (Fsp3) is 0.533. The molecule has 1 unspecified atom stereocenters. The van der Waals surface area contributed by atoms with Crippen LogP contribution in [0.1, 0.15) is 38.8 Å². The summed E-state index contributed by atoms with van der Waals surface area (Å²) in [4.78, 5) is 30.3. The average molecular weight is 304 g/mol. The molecule has 1 aliphatic heterocycles. The molecule has 1 aliphatic rings. The monoisotopic (exact) mass is 304 g/mol. The van der Waals surface area contributed by atoms with Crippen molar-refractivity contribution in [1.82, 2.24) is 19.5 Å². The highest BCUT2D eigenvalue weighted by Crippen LogP contribution is 2.26. The van der Waals surface area contributed by atoms with Gasteiger partial charge in [-0.1, -0.05) is 0 Å². The lowest BCUT2D eigenvalue weighted by atomic mass is 10.1. The molecule has 1 amide bonds. The molecular formula is C15H20N4O3. The summed E-state index contributed by atoms with van der Waals surface area (Å²) in [5.74, 6) is 0.0696. The van der Waals surface area contributed by atoms with Crippen LogP contribution in [0.4, 0.5) is 4.79 Å². The first-order chi connectivity index (χ1) is 10.3. The van der Waals surface area contributed by atoms with Crippen molar-refractivity contribution < 1.29 is 9.53 Å². The van der Waals surface area contributed by atoms with E-state index in [2.05, 4.69) is 10.1 Å². The van der Waals surface area contributed by atoms with E-state index in [4.69, 9.17) is 4.74 Å². The molecule has 1 atom stereocenters. The molecule has 7 heteroatoms. The molecule has 3 rings (SSSR count). The van der Waals surface area contributed by atoms with Crippen LogP contribution in [0, 0.1) is 0 Å². The normalized spacial score (nSPS) is 18.9. The highest BCUT2D eigenvalue weighted by molar-refractivity contribution is 5.68. The number of rotatable bonds is 1. The van der Waals surface area contributed by atoms with Gasteiger partial charge >= 0.3 is 6.09 Å². The van der Waals surface area contributed by atoms with Crippen molar-refractivity contribution >= 4 is 11.7 Å². The van der Waals surface area contributed by atoms with Gasteiger partial charge in [-0.25, -0.2) is 14.3 Å². The number of H-pyrrole nitrogens is 1. The molecule has 2 aromatic rings. The minimum absolute atomic E-state index is 0.0696. The number of aromatic nitrogens is 3. The highest BCUT2D eigenvalue weighted by atomic mass is 16.6.